The Balaban J connectivity index is 1.63. The van der Waals surface area contributed by atoms with Crippen molar-refractivity contribution in [2.24, 2.45) is 4.99 Å². The summed E-state index contributed by atoms with van der Waals surface area (Å²) in [5.41, 5.74) is 1.26. The van der Waals surface area contributed by atoms with Crippen molar-refractivity contribution in [2.45, 2.75) is 26.4 Å². The fourth-order valence-electron chi connectivity index (χ4n) is 2.87. The normalized spacial score (nSPS) is 11.6. The summed E-state index contributed by atoms with van der Waals surface area (Å²) >= 11 is 1.80. The lowest BCUT2D eigenvalue weighted by Crippen LogP contribution is -2.40. The molecule has 142 valence electrons. The minimum absolute atomic E-state index is 0.561. The first-order valence-corrected chi connectivity index (χ1v) is 10.2. The minimum Gasteiger partial charge on any atom is -0.357 e. The minimum atomic E-state index is 0.561. The van der Waals surface area contributed by atoms with Crippen LogP contribution in [0.2, 0.25) is 0 Å². The quantitative estimate of drug-likeness (QED) is 0.479. The zero-order chi connectivity index (χ0) is 18.9. The van der Waals surface area contributed by atoms with Gasteiger partial charge < -0.3 is 14.8 Å². The lowest BCUT2D eigenvalue weighted by Gasteiger charge is -2.21. The molecule has 0 fully saturated rings. The first-order chi connectivity index (χ1) is 13.3. The molecule has 0 atom stereocenters. The van der Waals surface area contributed by atoms with Crippen LogP contribution in [0.4, 0.5) is 0 Å². The second-order valence-electron chi connectivity index (χ2n) is 6.38. The highest BCUT2D eigenvalue weighted by Gasteiger charge is 2.08. The average molecular weight is 382 g/mol. The van der Waals surface area contributed by atoms with Gasteiger partial charge in [-0.05, 0) is 30.4 Å². The standard InChI is InChI=1S/C21H27N5S/c1-3-22-21(25(2)13-11-19-10-7-15-27-19)24-16-20-23-12-14-26(20)17-18-8-5-4-6-9-18/h4-10,12,14-15H,3,11,13,16-17H2,1-2H3,(H,22,24). The van der Waals surface area contributed by atoms with E-state index in [1.807, 2.05) is 18.5 Å². The van der Waals surface area contributed by atoms with Crippen LogP contribution in [0, 0.1) is 0 Å². The Morgan fingerprint density at radius 2 is 2.07 bits per heavy atom. The van der Waals surface area contributed by atoms with Gasteiger partial charge in [0.15, 0.2) is 5.96 Å². The lowest BCUT2D eigenvalue weighted by atomic mass is 10.2. The molecule has 1 N–H and O–H groups in total. The molecule has 1 aromatic carbocycles. The zero-order valence-corrected chi connectivity index (χ0v) is 16.8. The van der Waals surface area contributed by atoms with Crippen LogP contribution >= 0.6 is 11.3 Å². The number of benzene rings is 1. The number of thiophene rings is 1. The highest BCUT2D eigenvalue weighted by molar-refractivity contribution is 7.09. The molecule has 0 bridgehead atoms. The van der Waals surface area contributed by atoms with Crippen LogP contribution in [-0.2, 0) is 19.5 Å². The van der Waals surface area contributed by atoms with Crippen LogP contribution in [0.1, 0.15) is 23.2 Å². The van der Waals surface area contributed by atoms with Gasteiger partial charge in [-0.15, -0.1) is 11.3 Å². The Kier molecular flexibility index (Phi) is 7.04. The molecule has 5 nitrogen and oxygen atoms in total. The van der Waals surface area contributed by atoms with Crippen molar-refractivity contribution in [3.63, 3.8) is 0 Å². The molecule has 6 heteroatoms. The molecular weight excluding hydrogens is 354 g/mol. The highest BCUT2D eigenvalue weighted by Crippen LogP contribution is 2.10. The number of nitrogens with zero attached hydrogens (tertiary/aromatic N) is 4. The second-order valence-corrected chi connectivity index (χ2v) is 7.41. The predicted octanol–water partition coefficient (Wildman–Crippen LogP) is 3.63. The van der Waals surface area contributed by atoms with E-state index in [0.717, 1.165) is 37.8 Å². The van der Waals surface area contributed by atoms with Gasteiger partial charge in [0.05, 0.1) is 0 Å². The summed E-state index contributed by atoms with van der Waals surface area (Å²) in [4.78, 5) is 12.9. The van der Waals surface area contributed by atoms with Crippen LogP contribution in [0.15, 0.2) is 65.2 Å². The number of nitrogens with one attached hydrogen (secondary N) is 1. The maximum absolute atomic E-state index is 4.81. The Morgan fingerprint density at radius 1 is 1.22 bits per heavy atom. The van der Waals surface area contributed by atoms with Gasteiger partial charge in [0.25, 0.3) is 0 Å². The molecule has 0 saturated carbocycles. The van der Waals surface area contributed by atoms with Gasteiger partial charge in [-0.25, -0.2) is 9.98 Å². The monoisotopic (exact) mass is 381 g/mol. The van der Waals surface area contributed by atoms with Crippen LogP contribution in [0.5, 0.6) is 0 Å². The van der Waals surface area contributed by atoms with Gasteiger partial charge in [-0.1, -0.05) is 36.4 Å². The number of imidazole rings is 1. The SMILES string of the molecule is CCNC(=NCc1nccn1Cc1ccccc1)N(C)CCc1cccs1. The summed E-state index contributed by atoms with van der Waals surface area (Å²) in [6, 6.07) is 14.7. The van der Waals surface area contributed by atoms with Crippen LogP contribution in [0.3, 0.4) is 0 Å². The van der Waals surface area contributed by atoms with Crippen molar-refractivity contribution in [2.75, 3.05) is 20.1 Å². The van der Waals surface area contributed by atoms with E-state index in [-0.39, 0.29) is 0 Å². The van der Waals surface area contributed by atoms with Gasteiger partial charge in [0.1, 0.15) is 12.4 Å². The van der Waals surface area contributed by atoms with E-state index >= 15 is 0 Å². The molecule has 27 heavy (non-hydrogen) atoms. The van der Waals surface area contributed by atoms with E-state index in [1.54, 1.807) is 11.3 Å². The fraction of sp³-hybridized carbons (Fsp3) is 0.333. The summed E-state index contributed by atoms with van der Waals surface area (Å²) in [6.45, 7) is 5.26. The summed E-state index contributed by atoms with van der Waals surface area (Å²) in [6.07, 6.45) is 4.90. The molecule has 0 unspecified atom stereocenters. The smallest absolute Gasteiger partial charge is 0.194 e. The number of guanidine groups is 1. The Bertz CT molecular complexity index is 823. The van der Waals surface area contributed by atoms with Crippen LogP contribution in [0.25, 0.3) is 0 Å². The van der Waals surface area contributed by atoms with Crippen molar-refractivity contribution in [3.8, 4) is 0 Å². The van der Waals surface area contributed by atoms with Crippen molar-refractivity contribution < 1.29 is 0 Å². The molecular formula is C21H27N5S. The van der Waals surface area contributed by atoms with Crippen LogP contribution in [-0.4, -0.2) is 40.5 Å². The van der Waals surface area contributed by atoms with Crippen molar-refractivity contribution in [3.05, 3.63) is 76.5 Å². The summed E-state index contributed by atoms with van der Waals surface area (Å²) in [7, 11) is 2.09. The van der Waals surface area contributed by atoms with E-state index in [9.17, 15) is 0 Å². The van der Waals surface area contributed by atoms with Gasteiger partial charge in [0, 0.05) is 44.0 Å². The summed E-state index contributed by atoms with van der Waals surface area (Å²) in [5.74, 6) is 1.89. The molecule has 2 heterocycles. The average Bonchev–Trinajstić information content (AvgIpc) is 3.36. The maximum Gasteiger partial charge on any atom is 0.194 e. The lowest BCUT2D eigenvalue weighted by molar-refractivity contribution is 0.486. The van der Waals surface area contributed by atoms with E-state index in [2.05, 4.69) is 75.5 Å². The number of likely N-dealkylation sites (N-methyl/N-ethyl adjacent to an activating group) is 1. The number of rotatable bonds is 8. The second kappa shape index (κ2) is 9.92. The van der Waals surface area contributed by atoms with Crippen molar-refractivity contribution >= 4 is 17.3 Å². The van der Waals surface area contributed by atoms with E-state index < -0.39 is 0 Å². The highest BCUT2D eigenvalue weighted by atomic mass is 32.1. The van der Waals surface area contributed by atoms with E-state index in [4.69, 9.17) is 4.99 Å². The van der Waals surface area contributed by atoms with Gasteiger partial charge in [-0.3, -0.25) is 0 Å². The molecule has 0 radical (unpaired) electrons. The molecule has 0 amide bonds. The molecule has 3 rings (SSSR count). The number of aliphatic imine (C=N–C) groups is 1. The number of aromatic nitrogens is 2. The first kappa shape index (κ1) is 19.2. The zero-order valence-electron chi connectivity index (χ0n) is 16.0. The number of hydrogen-bond acceptors (Lipinski definition) is 3. The maximum atomic E-state index is 4.81. The summed E-state index contributed by atoms with van der Waals surface area (Å²) in [5, 5.41) is 5.51. The summed E-state index contributed by atoms with van der Waals surface area (Å²) < 4.78 is 2.16. The van der Waals surface area contributed by atoms with E-state index in [0.29, 0.717) is 6.54 Å². The Morgan fingerprint density at radius 3 is 2.81 bits per heavy atom. The van der Waals surface area contributed by atoms with Gasteiger partial charge in [0.2, 0.25) is 0 Å². The molecule has 3 aromatic rings. The third-order valence-electron chi connectivity index (χ3n) is 4.34. The topological polar surface area (TPSA) is 45.5 Å². The van der Waals surface area contributed by atoms with E-state index in [1.165, 1.54) is 10.4 Å². The third kappa shape index (κ3) is 5.69. The third-order valence-corrected chi connectivity index (χ3v) is 5.27. The first-order valence-electron chi connectivity index (χ1n) is 9.32. The Hall–Kier alpha value is -2.60. The molecule has 0 spiro atoms. The fourth-order valence-corrected chi connectivity index (χ4v) is 3.57. The van der Waals surface area contributed by atoms with Gasteiger partial charge >= 0.3 is 0 Å². The predicted molar refractivity (Wildman–Crippen MR) is 113 cm³/mol. The molecule has 0 aliphatic carbocycles. The van der Waals surface area contributed by atoms with Crippen LogP contribution < -0.4 is 5.32 Å². The van der Waals surface area contributed by atoms with Gasteiger partial charge in [-0.2, -0.15) is 0 Å². The molecule has 2 aromatic heterocycles. The molecule has 0 aliphatic heterocycles. The van der Waals surface area contributed by atoms with Crippen molar-refractivity contribution in [1.29, 1.82) is 0 Å². The number of hydrogen-bond donors (Lipinski definition) is 1. The molecule has 0 saturated heterocycles. The van der Waals surface area contributed by atoms with Crippen molar-refractivity contribution in [1.82, 2.24) is 19.8 Å². The Labute approximate surface area is 165 Å². The largest absolute Gasteiger partial charge is 0.357 e. The molecule has 0 aliphatic rings.